The minimum Gasteiger partial charge on any atom is -0.489 e. The summed E-state index contributed by atoms with van der Waals surface area (Å²) in [5.74, 6) is 0.874. The molecular formula is C27H29ClN2O3S. The average molecular weight is 497 g/mol. The van der Waals surface area contributed by atoms with Crippen molar-refractivity contribution in [2.45, 2.75) is 31.4 Å². The summed E-state index contributed by atoms with van der Waals surface area (Å²) < 4.78 is 29.0. The Bertz CT molecular complexity index is 1340. The van der Waals surface area contributed by atoms with E-state index in [1.807, 2.05) is 18.2 Å². The van der Waals surface area contributed by atoms with Gasteiger partial charge in [0.05, 0.1) is 4.90 Å². The van der Waals surface area contributed by atoms with E-state index in [2.05, 4.69) is 54.7 Å². The summed E-state index contributed by atoms with van der Waals surface area (Å²) in [6.45, 7) is 4.00. The predicted octanol–water partition coefficient (Wildman–Crippen LogP) is 5.13. The highest BCUT2D eigenvalue weighted by atomic mass is 35.5. The second-order valence-corrected chi connectivity index (χ2v) is 9.71. The first kappa shape index (κ1) is 25.7. The van der Waals surface area contributed by atoms with Crippen LogP contribution < -0.4 is 15.2 Å². The van der Waals surface area contributed by atoms with Crippen LogP contribution in [0.5, 0.6) is 5.75 Å². The monoisotopic (exact) mass is 496 g/mol. The van der Waals surface area contributed by atoms with Gasteiger partial charge in [-0.05, 0) is 60.0 Å². The van der Waals surface area contributed by atoms with Crippen molar-refractivity contribution in [3.05, 3.63) is 107 Å². The van der Waals surface area contributed by atoms with Gasteiger partial charge in [-0.3, -0.25) is 0 Å². The zero-order valence-corrected chi connectivity index (χ0v) is 20.7. The van der Waals surface area contributed by atoms with E-state index >= 15 is 0 Å². The zero-order chi connectivity index (χ0) is 23.3. The number of hydrogen-bond acceptors (Lipinski definition) is 4. The summed E-state index contributed by atoms with van der Waals surface area (Å²) in [6.07, 6.45) is 0.773. The van der Waals surface area contributed by atoms with Crippen molar-refractivity contribution < 1.29 is 13.2 Å². The molecule has 0 unspecified atom stereocenters. The molecule has 34 heavy (non-hydrogen) atoms. The number of hydrogen-bond donors (Lipinski definition) is 2. The fraction of sp³-hybridized carbons (Fsp3) is 0.185. The van der Waals surface area contributed by atoms with Crippen molar-refractivity contribution in [2.75, 3.05) is 6.54 Å². The van der Waals surface area contributed by atoms with Gasteiger partial charge < -0.3 is 10.1 Å². The van der Waals surface area contributed by atoms with Crippen LogP contribution in [0.3, 0.4) is 0 Å². The minimum atomic E-state index is -3.66. The number of fused-ring (bicyclic) bond motifs is 1. The first-order chi connectivity index (χ1) is 15.9. The number of benzene rings is 4. The molecule has 0 saturated heterocycles. The molecule has 0 aliphatic rings. The zero-order valence-electron chi connectivity index (χ0n) is 19.0. The molecule has 178 valence electrons. The maximum atomic E-state index is 11.4. The Labute approximate surface area is 207 Å². The molecule has 0 saturated carbocycles. The van der Waals surface area contributed by atoms with Crippen molar-refractivity contribution in [3.63, 3.8) is 0 Å². The summed E-state index contributed by atoms with van der Waals surface area (Å²) in [4.78, 5) is 0.130. The van der Waals surface area contributed by atoms with E-state index in [1.165, 1.54) is 16.3 Å². The van der Waals surface area contributed by atoms with Crippen LogP contribution in [0.2, 0.25) is 0 Å². The highest BCUT2D eigenvalue weighted by Crippen LogP contribution is 2.29. The number of nitrogens with two attached hydrogens (primary N) is 1. The van der Waals surface area contributed by atoms with Gasteiger partial charge in [0.1, 0.15) is 12.4 Å². The number of rotatable bonds is 9. The molecule has 0 aliphatic heterocycles. The topological polar surface area (TPSA) is 81.4 Å². The van der Waals surface area contributed by atoms with Crippen molar-refractivity contribution in [2.24, 2.45) is 5.14 Å². The van der Waals surface area contributed by atoms with E-state index in [9.17, 15) is 8.42 Å². The number of nitrogens with one attached hydrogen (secondary N) is 1. The highest BCUT2D eigenvalue weighted by molar-refractivity contribution is 7.89. The highest BCUT2D eigenvalue weighted by Gasteiger charge is 2.10. The third kappa shape index (κ3) is 6.58. The van der Waals surface area contributed by atoms with Gasteiger partial charge in [-0.1, -0.05) is 72.3 Å². The second kappa shape index (κ2) is 11.5. The Morgan fingerprint density at radius 3 is 2.24 bits per heavy atom. The number of primary sulfonamides is 1. The van der Waals surface area contributed by atoms with Crippen molar-refractivity contribution in [1.82, 2.24) is 5.32 Å². The molecule has 4 aromatic rings. The molecule has 0 radical (unpaired) electrons. The molecule has 5 nitrogen and oxygen atoms in total. The van der Waals surface area contributed by atoms with E-state index in [0.717, 1.165) is 35.4 Å². The van der Waals surface area contributed by atoms with Crippen LogP contribution in [0.25, 0.3) is 10.8 Å². The van der Waals surface area contributed by atoms with Crippen LogP contribution in [-0.2, 0) is 29.6 Å². The van der Waals surface area contributed by atoms with E-state index in [4.69, 9.17) is 9.88 Å². The van der Waals surface area contributed by atoms with Crippen LogP contribution in [-0.4, -0.2) is 15.0 Å². The lowest BCUT2D eigenvalue weighted by Gasteiger charge is -2.15. The van der Waals surface area contributed by atoms with Gasteiger partial charge in [0.2, 0.25) is 10.0 Å². The lowest BCUT2D eigenvalue weighted by molar-refractivity contribution is 0.303. The first-order valence-electron chi connectivity index (χ1n) is 10.9. The van der Waals surface area contributed by atoms with Gasteiger partial charge in [-0.2, -0.15) is 0 Å². The number of aryl methyl sites for hydroxylation is 1. The lowest BCUT2D eigenvalue weighted by Crippen LogP contribution is -2.18. The molecule has 0 heterocycles. The van der Waals surface area contributed by atoms with E-state index in [1.54, 1.807) is 24.3 Å². The third-order valence-corrected chi connectivity index (χ3v) is 6.59. The Morgan fingerprint density at radius 2 is 1.53 bits per heavy atom. The maximum Gasteiger partial charge on any atom is 0.238 e. The van der Waals surface area contributed by atoms with E-state index in [-0.39, 0.29) is 17.3 Å². The van der Waals surface area contributed by atoms with Crippen LogP contribution in [0.15, 0.2) is 89.8 Å². The second-order valence-electron chi connectivity index (χ2n) is 8.15. The van der Waals surface area contributed by atoms with Gasteiger partial charge >= 0.3 is 0 Å². The molecule has 0 fully saturated rings. The van der Waals surface area contributed by atoms with Crippen LogP contribution >= 0.6 is 12.4 Å². The van der Waals surface area contributed by atoms with Crippen LogP contribution in [0.1, 0.15) is 22.3 Å². The molecule has 0 spiro atoms. The molecule has 3 N–H and O–H groups in total. The molecule has 0 atom stereocenters. The Morgan fingerprint density at radius 1 is 0.853 bits per heavy atom. The van der Waals surface area contributed by atoms with Gasteiger partial charge in [-0.15, -0.1) is 12.4 Å². The molecular weight excluding hydrogens is 468 g/mol. The normalized spacial score (nSPS) is 11.2. The summed E-state index contributed by atoms with van der Waals surface area (Å²) in [5, 5.41) is 11.0. The predicted molar refractivity (Wildman–Crippen MR) is 140 cm³/mol. The smallest absolute Gasteiger partial charge is 0.238 e. The Balaban J connectivity index is 0.00000324. The quantitative estimate of drug-likeness (QED) is 0.315. The summed E-state index contributed by atoms with van der Waals surface area (Å²) >= 11 is 0. The van der Waals surface area contributed by atoms with Crippen molar-refractivity contribution >= 4 is 33.2 Å². The average Bonchev–Trinajstić information content (AvgIpc) is 2.81. The largest absolute Gasteiger partial charge is 0.489 e. The lowest BCUT2D eigenvalue weighted by atomic mass is 10.0. The van der Waals surface area contributed by atoms with E-state index in [0.29, 0.717) is 13.2 Å². The Kier molecular flexibility index (Phi) is 8.69. The van der Waals surface area contributed by atoms with Gasteiger partial charge in [0.15, 0.2) is 0 Å². The number of sulfonamides is 1. The standard InChI is InChI=1S/C27H28N2O3S.ClH/c1-20-6-8-22(9-7-20)19-32-27-15-12-23-4-2-3-5-25(23)26(27)18-29-17-16-21-10-13-24(14-11-21)33(28,30)31;/h2-15,29H,16-19H2,1H3,(H2,28,30,31);1H. The fourth-order valence-electron chi connectivity index (χ4n) is 3.77. The molecule has 0 amide bonds. The summed E-state index contributed by atoms with van der Waals surface area (Å²) in [5.41, 5.74) is 4.54. The molecule has 0 aromatic heterocycles. The maximum absolute atomic E-state index is 11.4. The van der Waals surface area contributed by atoms with Crippen molar-refractivity contribution in [3.8, 4) is 5.75 Å². The molecule has 7 heteroatoms. The minimum absolute atomic E-state index is 0. The first-order valence-corrected chi connectivity index (χ1v) is 12.5. The van der Waals surface area contributed by atoms with E-state index < -0.39 is 10.0 Å². The SMILES string of the molecule is Cc1ccc(COc2ccc3ccccc3c2CNCCc2ccc(S(N)(=O)=O)cc2)cc1.Cl. The third-order valence-electron chi connectivity index (χ3n) is 5.66. The summed E-state index contributed by atoms with van der Waals surface area (Å²) in [6, 6.07) is 27.5. The van der Waals surface area contributed by atoms with Crippen LogP contribution in [0.4, 0.5) is 0 Å². The summed E-state index contributed by atoms with van der Waals surface area (Å²) in [7, 11) is -3.66. The van der Waals surface area contributed by atoms with Gasteiger partial charge in [0, 0.05) is 12.1 Å². The van der Waals surface area contributed by atoms with Crippen LogP contribution in [0, 0.1) is 6.92 Å². The molecule has 0 aliphatic carbocycles. The molecule has 0 bridgehead atoms. The molecule has 4 aromatic carbocycles. The van der Waals surface area contributed by atoms with Crippen molar-refractivity contribution in [1.29, 1.82) is 0 Å². The van der Waals surface area contributed by atoms with Gasteiger partial charge in [0.25, 0.3) is 0 Å². The Hall–Kier alpha value is -2.90. The fourth-order valence-corrected chi connectivity index (χ4v) is 4.29. The number of ether oxygens (including phenoxy) is 1. The number of halogens is 1. The molecule has 4 rings (SSSR count). The van der Waals surface area contributed by atoms with Gasteiger partial charge in [-0.25, -0.2) is 13.6 Å².